The Morgan fingerprint density at radius 1 is 1.13 bits per heavy atom. The molecule has 0 aliphatic heterocycles. The third kappa shape index (κ3) is 6.67. The van der Waals surface area contributed by atoms with Crippen molar-refractivity contribution < 1.29 is 19.1 Å². The maximum absolute atomic E-state index is 12.0. The highest BCUT2D eigenvalue weighted by atomic mass is 35.5. The second-order valence-electron chi connectivity index (χ2n) is 5.55. The summed E-state index contributed by atoms with van der Waals surface area (Å²) >= 11 is 11.8. The number of halogens is 2. The quantitative estimate of drug-likeness (QED) is 0.755. The normalized spacial score (nSPS) is 13.3. The minimum absolute atomic E-state index is 0.292. The summed E-state index contributed by atoms with van der Waals surface area (Å²) in [5.41, 5.74) is 0. The van der Waals surface area contributed by atoms with Crippen LogP contribution < -0.4 is 10.1 Å². The summed E-state index contributed by atoms with van der Waals surface area (Å²) in [6.45, 7) is 7.50. The molecule has 128 valence electrons. The van der Waals surface area contributed by atoms with E-state index in [-0.39, 0.29) is 5.91 Å². The largest absolute Gasteiger partial charge is 0.477 e. The van der Waals surface area contributed by atoms with Gasteiger partial charge in [-0.1, -0.05) is 37.0 Å². The average molecular weight is 362 g/mol. The van der Waals surface area contributed by atoms with Crippen LogP contribution in [-0.4, -0.2) is 30.6 Å². The number of esters is 1. The van der Waals surface area contributed by atoms with Crippen LogP contribution in [0.2, 0.25) is 10.0 Å². The molecule has 0 aliphatic carbocycles. The molecule has 1 aromatic carbocycles. The minimum Gasteiger partial charge on any atom is -0.477 e. The Morgan fingerprint density at radius 2 is 1.78 bits per heavy atom. The molecule has 0 fully saturated rings. The van der Waals surface area contributed by atoms with Crippen LogP contribution in [0.5, 0.6) is 5.75 Å². The van der Waals surface area contributed by atoms with E-state index in [0.29, 0.717) is 28.3 Å². The van der Waals surface area contributed by atoms with Gasteiger partial charge in [0.25, 0.3) is 5.91 Å². The standard InChI is InChI=1S/C16H21Cl2NO4/c1-9(2)8-19-15(20)10(3)23-16(21)11(4)22-14-6-5-12(17)7-13(14)18/h5-7,9-11H,8H2,1-4H3,(H,19,20)/t10-,11+/m1/s1. The van der Waals surface area contributed by atoms with E-state index in [2.05, 4.69) is 5.32 Å². The number of benzene rings is 1. The highest BCUT2D eigenvalue weighted by Crippen LogP contribution is 2.28. The lowest BCUT2D eigenvalue weighted by molar-refractivity contribution is -0.160. The summed E-state index contributed by atoms with van der Waals surface area (Å²) in [4.78, 5) is 23.8. The maximum atomic E-state index is 12.0. The van der Waals surface area contributed by atoms with E-state index < -0.39 is 18.2 Å². The van der Waals surface area contributed by atoms with Crippen LogP contribution in [0.25, 0.3) is 0 Å². The molecule has 0 saturated carbocycles. The van der Waals surface area contributed by atoms with Gasteiger partial charge in [-0.25, -0.2) is 4.79 Å². The Kier molecular flexibility index (Phi) is 7.65. The van der Waals surface area contributed by atoms with E-state index in [1.165, 1.54) is 19.9 Å². The molecule has 1 amide bonds. The van der Waals surface area contributed by atoms with Crippen LogP contribution in [0.15, 0.2) is 18.2 Å². The van der Waals surface area contributed by atoms with Gasteiger partial charge in [0.1, 0.15) is 5.75 Å². The van der Waals surface area contributed by atoms with E-state index in [4.69, 9.17) is 32.7 Å². The summed E-state index contributed by atoms with van der Waals surface area (Å²) in [7, 11) is 0. The van der Waals surface area contributed by atoms with Gasteiger partial charge in [0.15, 0.2) is 12.2 Å². The lowest BCUT2D eigenvalue weighted by atomic mass is 10.2. The summed E-state index contributed by atoms with van der Waals surface area (Å²) in [6, 6.07) is 4.68. The molecule has 0 bridgehead atoms. The van der Waals surface area contributed by atoms with E-state index in [0.717, 1.165) is 0 Å². The number of nitrogens with one attached hydrogen (secondary N) is 1. The lowest BCUT2D eigenvalue weighted by Crippen LogP contribution is -2.40. The molecule has 5 nitrogen and oxygen atoms in total. The van der Waals surface area contributed by atoms with E-state index in [9.17, 15) is 9.59 Å². The molecule has 0 saturated heterocycles. The van der Waals surface area contributed by atoms with Crippen molar-refractivity contribution in [2.45, 2.75) is 39.9 Å². The van der Waals surface area contributed by atoms with Crippen LogP contribution in [-0.2, 0) is 14.3 Å². The molecule has 0 unspecified atom stereocenters. The molecule has 0 aliphatic rings. The van der Waals surface area contributed by atoms with Gasteiger partial charge in [-0.3, -0.25) is 4.79 Å². The number of amides is 1. The Hall–Kier alpha value is -1.46. The zero-order valence-electron chi connectivity index (χ0n) is 13.6. The van der Waals surface area contributed by atoms with Gasteiger partial charge in [-0.15, -0.1) is 0 Å². The van der Waals surface area contributed by atoms with Crippen LogP contribution in [0.3, 0.4) is 0 Å². The molecule has 7 heteroatoms. The molecule has 1 N–H and O–H groups in total. The summed E-state index contributed by atoms with van der Waals surface area (Å²) in [5.74, 6) is -0.361. The molecule has 0 radical (unpaired) electrons. The second-order valence-corrected chi connectivity index (χ2v) is 6.40. The fourth-order valence-corrected chi connectivity index (χ4v) is 2.03. The van der Waals surface area contributed by atoms with Crippen molar-refractivity contribution in [1.29, 1.82) is 0 Å². The first kappa shape index (κ1) is 19.6. The zero-order chi connectivity index (χ0) is 17.6. The van der Waals surface area contributed by atoms with Gasteiger partial charge < -0.3 is 14.8 Å². The Bertz CT molecular complexity index is 563. The average Bonchev–Trinajstić information content (AvgIpc) is 2.47. The fraction of sp³-hybridized carbons (Fsp3) is 0.500. The summed E-state index contributed by atoms with van der Waals surface area (Å²) < 4.78 is 10.5. The Balaban J connectivity index is 2.54. The first-order valence-corrected chi connectivity index (χ1v) is 8.06. The van der Waals surface area contributed by atoms with Crippen LogP contribution in [0.1, 0.15) is 27.7 Å². The predicted octanol–water partition coefficient (Wildman–Crippen LogP) is 3.46. The van der Waals surface area contributed by atoms with Crippen molar-refractivity contribution in [2.24, 2.45) is 5.92 Å². The summed E-state index contributed by atoms with van der Waals surface area (Å²) in [5, 5.41) is 3.46. The predicted molar refractivity (Wildman–Crippen MR) is 90.0 cm³/mol. The van der Waals surface area contributed by atoms with Crippen LogP contribution >= 0.6 is 23.2 Å². The molecule has 0 spiro atoms. The van der Waals surface area contributed by atoms with Crippen molar-refractivity contribution in [3.8, 4) is 5.75 Å². The lowest BCUT2D eigenvalue weighted by Gasteiger charge is -2.18. The molecule has 1 rings (SSSR count). The number of hydrogen-bond donors (Lipinski definition) is 1. The van der Waals surface area contributed by atoms with Gasteiger partial charge in [-0.2, -0.15) is 0 Å². The SMILES string of the molecule is CC(C)CNC(=O)[C@@H](C)OC(=O)[C@H](C)Oc1ccc(Cl)cc1Cl. The first-order chi connectivity index (χ1) is 10.7. The van der Waals surface area contributed by atoms with E-state index >= 15 is 0 Å². The number of carbonyl (C=O) groups is 2. The van der Waals surface area contributed by atoms with Crippen LogP contribution in [0.4, 0.5) is 0 Å². The van der Waals surface area contributed by atoms with Gasteiger partial charge in [0, 0.05) is 11.6 Å². The fourth-order valence-electron chi connectivity index (χ4n) is 1.58. The number of carbonyl (C=O) groups excluding carboxylic acids is 2. The van der Waals surface area contributed by atoms with Crippen molar-refractivity contribution >= 4 is 35.1 Å². The number of rotatable bonds is 7. The second kappa shape index (κ2) is 8.99. The number of ether oxygens (including phenoxy) is 2. The van der Waals surface area contributed by atoms with Crippen molar-refractivity contribution in [2.75, 3.05) is 6.54 Å². The van der Waals surface area contributed by atoms with Crippen LogP contribution in [0, 0.1) is 5.92 Å². The van der Waals surface area contributed by atoms with Gasteiger partial charge in [0.2, 0.25) is 0 Å². The molecule has 23 heavy (non-hydrogen) atoms. The molecule has 0 aromatic heterocycles. The molecule has 1 aromatic rings. The summed E-state index contributed by atoms with van der Waals surface area (Å²) in [6.07, 6.45) is -1.80. The van der Waals surface area contributed by atoms with Crippen molar-refractivity contribution in [3.63, 3.8) is 0 Å². The van der Waals surface area contributed by atoms with Gasteiger partial charge in [0.05, 0.1) is 5.02 Å². The van der Waals surface area contributed by atoms with E-state index in [1.807, 2.05) is 13.8 Å². The third-order valence-electron chi connectivity index (χ3n) is 2.88. The Morgan fingerprint density at radius 3 is 2.35 bits per heavy atom. The maximum Gasteiger partial charge on any atom is 0.347 e. The molecular formula is C16H21Cl2NO4. The van der Waals surface area contributed by atoms with Crippen molar-refractivity contribution in [1.82, 2.24) is 5.32 Å². The smallest absolute Gasteiger partial charge is 0.347 e. The molecular weight excluding hydrogens is 341 g/mol. The molecule has 2 atom stereocenters. The van der Waals surface area contributed by atoms with Crippen molar-refractivity contribution in [3.05, 3.63) is 28.2 Å². The topological polar surface area (TPSA) is 64.6 Å². The first-order valence-electron chi connectivity index (χ1n) is 7.30. The third-order valence-corrected chi connectivity index (χ3v) is 3.41. The highest BCUT2D eigenvalue weighted by Gasteiger charge is 2.23. The van der Waals surface area contributed by atoms with Gasteiger partial charge in [-0.05, 0) is 38.0 Å². The minimum atomic E-state index is -0.908. The monoisotopic (exact) mass is 361 g/mol. The number of hydrogen-bond acceptors (Lipinski definition) is 4. The van der Waals surface area contributed by atoms with Gasteiger partial charge >= 0.3 is 5.97 Å². The molecule has 0 heterocycles. The van der Waals surface area contributed by atoms with E-state index in [1.54, 1.807) is 12.1 Å². The zero-order valence-corrected chi connectivity index (χ0v) is 15.1. The highest BCUT2D eigenvalue weighted by molar-refractivity contribution is 6.35. The Labute approximate surface area is 146 Å².